The minimum atomic E-state index is -1.40. The number of fused-ring (bicyclic) bond motifs is 5. The summed E-state index contributed by atoms with van der Waals surface area (Å²) >= 11 is 0. The van der Waals surface area contributed by atoms with Gasteiger partial charge in [-0.15, -0.1) is 0 Å². The van der Waals surface area contributed by atoms with Crippen molar-refractivity contribution in [3.63, 3.8) is 0 Å². The lowest BCUT2D eigenvalue weighted by Gasteiger charge is -2.27. The van der Waals surface area contributed by atoms with Crippen LogP contribution in [0.3, 0.4) is 0 Å². The summed E-state index contributed by atoms with van der Waals surface area (Å²) in [6, 6.07) is 5.87. The molecule has 0 radical (unpaired) electrons. The minimum Gasteiger partial charge on any atom is -0.508 e. The molecule has 26 nitrogen and oxygen atoms in total. The number of ether oxygens (including phenoxy) is 5. The molecule has 0 aliphatic carbocycles. The summed E-state index contributed by atoms with van der Waals surface area (Å²) in [5, 5.41) is 37.7. The third-order valence-electron chi connectivity index (χ3n) is 11.9. The number of carbonyl (C=O) groups is 10. The third kappa shape index (κ3) is 30.1. The van der Waals surface area contributed by atoms with Gasteiger partial charge in [0.25, 0.3) is 0 Å². The smallest absolute Gasteiger partial charge is 0.408 e. The maximum absolute atomic E-state index is 14.4. The van der Waals surface area contributed by atoms with Gasteiger partial charge in [-0.05, 0) is 177 Å². The largest absolute Gasteiger partial charge is 0.508 e. The molecule has 1 aliphatic heterocycles. The molecule has 0 fully saturated rings. The molecular formula is C60H94N10O16. The van der Waals surface area contributed by atoms with Gasteiger partial charge in [0.05, 0.1) is 6.54 Å². The second kappa shape index (κ2) is 32.4. The van der Waals surface area contributed by atoms with Crippen molar-refractivity contribution in [3.8, 4) is 16.9 Å². The van der Waals surface area contributed by atoms with Crippen molar-refractivity contribution in [3.05, 3.63) is 53.6 Å². The summed E-state index contributed by atoms with van der Waals surface area (Å²) in [5.74, 6) is -3.86. The molecule has 26 heteroatoms. The predicted octanol–water partition coefficient (Wildman–Crippen LogP) is 5.55. The monoisotopic (exact) mass is 1210 g/mol. The fourth-order valence-corrected chi connectivity index (χ4v) is 8.26. The molecule has 4 bridgehead atoms. The van der Waals surface area contributed by atoms with E-state index in [2.05, 4.69) is 53.2 Å². The van der Waals surface area contributed by atoms with Gasteiger partial charge in [-0.3, -0.25) is 24.0 Å². The van der Waals surface area contributed by atoms with Crippen LogP contribution >= 0.6 is 0 Å². The number of hydrogen-bond acceptors (Lipinski definition) is 16. The normalized spacial score (nSPS) is 16.5. The zero-order chi connectivity index (χ0) is 64.8. The van der Waals surface area contributed by atoms with E-state index < -0.39 is 125 Å². The minimum absolute atomic E-state index is 0.00705. The summed E-state index contributed by atoms with van der Waals surface area (Å²) in [6.45, 7) is 24.8. The molecular weight excluding hydrogens is 1120 g/mol. The first-order valence-electron chi connectivity index (χ1n) is 29.0. The van der Waals surface area contributed by atoms with Gasteiger partial charge < -0.3 is 82.0 Å². The van der Waals surface area contributed by atoms with E-state index in [4.69, 9.17) is 23.7 Å². The van der Waals surface area contributed by atoms with Crippen LogP contribution in [0.25, 0.3) is 11.1 Å². The number of aromatic hydroxyl groups is 1. The molecule has 0 spiro atoms. The van der Waals surface area contributed by atoms with Crippen LogP contribution in [0.1, 0.15) is 154 Å². The number of amides is 10. The van der Waals surface area contributed by atoms with Crippen LogP contribution in [0.5, 0.6) is 5.75 Å². The first-order chi connectivity index (χ1) is 39.7. The standard InChI is InChI=1S/C60H94N10O16/c1-56(2,3)82-51(77)62-28-17-22-40(66-53(79)84-58(7,8)9)34-64-47(73)41(69-54(80)85-59(10,11)12)23-18-27-61-46(72)35-65-48(74)43-31-36-20-16-21-37(30-36)38-25-26-45(71)39(32-38)33-44(70-55(81)86-60(13,14)15)50(76)67-42(49(75)68-43)24-19-29-63-52(78)83-57(4,5)6/h16,20-21,25-26,30,32,40-44,71H,17-19,22-24,27-29,31,33-35H2,1-15H3,(H,61,72)(H,62,77)(H,63,78)(H,64,73)(H,65,74)(H,66,79)(H,67,76)(H,68,75)(H,69,80)(H,70,81)/t40-,41-,42-,43-,44-/m0/s1. The van der Waals surface area contributed by atoms with Crippen LogP contribution in [0.15, 0.2) is 42.5 Å². The van der Waals surface area contributed by atoms with Crippen LogP contribution in [0, 0.1) is 0 Å². The second-order valence-electron chi connectivity index (χ2n) is 25.9. The quantitative estimate of drug-likeness (QED) is 0.0539. The van der Waals surface area contributed by atoms with E-state index in [9.17, 15) is 53.1 Å². The summed E-state index contributed by atoms with van der Waals surface area (Å²) in [4.78, 5) is 134. The highest BCUT2D eigenvalue weighted by molar-refractivity contribution is 5.95. The summed E-state index contributed by atoms with van der Waals surface area (Å²) in [7, 11) is 0. The number of hydrogen-bond donors (Lipinski definition) is 11. The molecule has 2 aromatic carbocycles. The summed E-state index contributed by atoms with van der Waals surface area (Å²) in [6.07, 6.45) is -3.39. The fourth-order valence-electron chi connectivity index (χ4n) is 8.26. The number of phenols is 1. The SMILES string of the molecule is CC(C)(C)OC(=O)NCCC[C@@H](CNC(=O)[C@H](CCCNC(=O)CNC(=O)[C@@H]1Cc2cccc(c2)-c2ccc(O)c(c2)C[C@H](NC(=O)OC(C)(C)C)C(=O)N[C@@H](CCCNC(=O)OC(C)(C)C)C(=O)N1)NC(=O)OC(C)(C)C)NC(=O)OC(C)(C)C. The molecule has 480 valence electrons. The van der Waals surface area contributed by atoms with Crippen molar-refractivity contribution in [1.82, 2.24) is 53.2 Å². The molecule has 5 atom stereocenters. The van der Waals surface area contributed by atoms with E-state index in [1.165, 1.54) is 6.07 Å². The lowest BCUT2D eigenvalue weighted by molar-refractivity contribution is -0.133. The molecule has 11 N–H and O–H groups in total. The number of benzene rings is 2. The average Bonchev–Trinajstić information content (AvgIpc) is 1.65. The molecule has 3 rings (SSSR count). The molecule has 0 saturated carbocycles. The first kappa shape index (κ1) is 72.2. The Morgan fingerprint density at radius 3 is 1.67 bits per heavy atom. The van der Waals surface area contributed by atoms with Gasteiger partial charge in [0.1, 0.15) is 57.9 Å². The van der Waals surface area contributed by atoms with E-state index in [-0.39, 0.29) is 82.4 Å². The second-order valence-corrected chi connectivity index (χ2v) is 25.9. The molecule has 10 amide bonds. The summed E-state index contributed by atoms with van der Waals surface area (Å²) in [5.41, 5.74) is -2.04. The molecule has 86 heavy (non-hydrogen) atoms. The Morgan fingerprint density at radius 1 is 0.558 bits per heavy atom. The van der Waals surface area contributed by atoms with E-state index in [0.717, 1.165) is 0 Å². The Balaban J connectivity index is 1.83. The van der Waals surface area contributed by atoms with Crippen LogP contribution in [-0.4, -0.2) is 156 Å². The van der Waals surface area contributed by atoms with Gasteiger partial charge >= 0.3 is 30.5 Å². The van der Waals surface area contributed by atoms with Crippen molar-refractivity contribution in [2.45, 2.75) is 213 Å². The fraction of sp³-hybridized carbons (Fsp3) is 0.633. The zero-order valence-electron chi connectivity index (χ0n) is 52.7. The number of carbonyl (C=O) groups excluding carboxylic acids is 10. The number of alkyl carbamates (subject to hydrolysis) is 5. The van der Waals surface area contributed by atoms with Crippen LogP contribution < -0.4 is 53.2 Å². The van der Waals surface area contributed by atoms with Crippen molar-refractivity contribution < 1.29 is 76.7 Å². The van der Waals surface area contributed by atoms with Gasteiger partial charge in [0.2, 0.25) is 29.5 Å². The lowest BCUT2D eigenvalue weighted by Crippen LogP contribution is -2.58. The van der Waals surface area contributed by atoms with E-state index in [0.29, 0.717) is 23.1 Å². The highest BCUT2D eigenvalue weighted by atomic mass is 16.6. The van der Waals surface area contributed by atoms with Gasteiger partial charge in [0, 0.05) is 45.1 Å². The maximum atomic E-state index is 14.4. The van der Waals surface area contributed by atoms with Crippen molar-refractivity contribution in [2.75, 3.05) is 32.7 Å². The van der Waals surface area contributed by atoms with Gasteiger partial charge in [-0.1, -0.05) is 30.3 Å². The zero-order valence-corrected chi connectivity index (χ0v) is 52.7. The molecule has 1 heterocycles. The molecule has 0 unspecified atom stereocenters. The molecule has 0 aromatic heterocycles. The van der Waals surface area contributed by atoms with E-state index >= 15 is 0 Å². The topological polar surface area (TPSA) is 357 Å². The Morgan fingerprint density at radius 2 is 1.08 bits per heavy atom. The van der Waals surface area contributed by atoms with Crippen LogP contribution in [-0.2, 0) is 60.5 Å². The van der Waals surface area contributed by atoms with Crippen molar-refractivity contribution >= 4 is 60.0 Å². The van der Waals surface area contributed by atoms with Crippen molar-refractivity contribution in [1.29, 1.82) is 0 Å². The summed E-state index contributed by atoms with van der Waals surface area (Å²) < 4.78 is 27.0. The highest BCUT2D eigenvalue weighted by Crippen LogP contribution is 2.29. The number of phenolic OH excluding ortho intramolecular Hbond substituents is 1. The Kier molecular flexibility index (Phi) is 27.2. The Labute approximate surface area is 504 Å². The van der Waals surface area contributed by atoms with E-state index in [1.807, 2.05) is 0 Å². The van der Waals surface area contributed by atoms with Gasteiger partial charge in [-0.25, -0.2) is 24.0 Å². The third-order valence-corrected chi connectivity index (χ3v) is 11.9. The van der Waals surface area contributed by atoms with E-state index in [1.54, 1.807) is 140 Å². The Hall–Kier alpha value is -8.06. The maximum Gasteiger partial charge on any atom is 0.408 e. The molecule has 2 aromatic rings. The van der Waals surface area contributed by atoms with Crippen molar-refractivity contribution in [2.24, 2.45) is 0 Å². The Bertz CT molecular complexity index is 2670. The predicted molar refractivity (Wildman–Crippen MR) is 319 cm³/mol. The highest BCUT2D eigenvalue weighted by Gasteiger charge is 2.33. The van der Waals surface area contributed by atoms with Crippen LogP contribution in [0.4, 0.5) is 24.0 Å². The number of nitrogens with one attached hydrogen (secondary N) is 10. The molecule has 0 saturated heterocycles. The van der Waals surface area contributed by atoms with Crippen LogP contribution in [0.2, 0.25) is 0 Å². The average molecular weight is 1210 g/mol. The van der Waals surface area contributed by atoms with Gasteiger partial charge in [-0.2, -0.15) is 0 Å². The number of rotatable bonds is 21. The first-order valence-corrected chi connectivity index (χ1v) is 29.0. The molecule has 1 aliphatic rings. The lowest BCUT2D eigenvalue weighted by atomic mass is 9.96. The van der Waals surface area contributed by atoms with Gasteiger partial charge in [0.15, 0.2) is 0 Å².